The van der Waals surface area contributed by atoms with E-state index in [1.165, 1.54) is 19.3 Å². The summed E-state index contributed by atoms with van der Waals surface area (Å²) in [6, 6.07) is 0. The molecule has 2 saturated heterocycles. The van der Waals surface area contributed by atoms with Gasteiger partial charge in [0.15, 0.2) is 5.60 Å². The van der Waals surface area contributed by atoms with Crippen molar-refractivity contribution in [1.82, 2.24) is 9.80 Å². The van der Waals surface area contributed by atoms with Crippen molar-refractivity contribution in [2.45, 2.75) is 44.1 Å². The third-order valence-electron chi connectivity index (χ3n) is 5.21. The number of rotatable bonds is 4. The van der Waals surface area contributed by atoms with Crippen LogP contribution in [-0.2, 0) is 9.53 Å². The van der Waals surface area contributed by atoms with E-state index in [2.05, 4.69) is 4.90 Å². The minimum atomic E-state index is -1.17. The van der Waals surface area contributed by atoms with Crippen LogP contribution in [0.4, 0.5) is 0 Å². The third-order valence-corrected chi connectivity index (χ3v) is 5.21. The molecular formula is C16H28N2O3. The Morgan fingerprint density at radius 2 is 2.00 bits per heavy atom. The molecule has 0 aromatic rings. The fourth-order valence-electron chi connectivity index (χ4n) is 3.70. The summed E-state index contributed by atoms with van der Waals surface area (Å²) in [6.07, 6.45) is 6.28. The van der Waals surface area contributed by atoms with Gasteiger partial charge in [0.2, 0.25) is 0 Å². The number of hydrogen-bond donors (Lipinski definition) is 1. The Hall–Kier alpha value is -0.650. The van der Waals surface area contributed by atoms with Gasteiger partial charge in [-0.1, -0.05) is 6.42 Å². The largest absolute Gasteiger partial charge is 0.380 e. The minimum Gasteiger partial charge on any atom is -0.380 e. The first-order valence-corrected chi connectivity index (χ1v) is 8.49. The number of carbonyl (C=O) groups excluding carboxylic acids is 1. The lowest BCUT2D eigenvalue weighted by atomic mass is 9.83. The van der Waals surface area contributed by atoms with Gasteiger partial charge in [0, 0.05) is 39.3 Å². The van der Waals surface area contributed by atoms with Crippen LogP contribution in [0.2, 0.25) is 0 Å². The summed E-state index contributed by atoms with van der Waals surface area (Å²) in [5, 5.41) is 10.9. The van der Waals surface area contributed by atoms with Crippen molar-refractivity contribution in [3.8, 4) is 0 Å². The molecule has 120 valence electrons. The van der Waals surface area contributed by atoms with E-state index in [0.29, 0.717) is 25.5 Å². The Labute approximate surface area is 127 Å². The molecule has 3 fully saturated rings. The molecule has 21 heavy (non-hydrogen) atoms. The van der Waals surface area contributed by atoms with Crippen LogP contribution in [0.15, 0.2) is 0 Å². The molecule has 1 aliphatic carbocycles. The average Bonchev–Trinajstić information content (AvgIpc) is 2.67. The third kappa shape index (κ3) is 3.58. The number of ether oxygens (including phenoxy) is 1. The zero-order valence-corrected chi connectivity index (χ0v) is 12.9. The van der Waals surface area contributed by atoms with Gasteiger partial charge in [-0.25, -0.2) is 0 Å². The quantitative estimate of drug-likeness (QED) is 0.836. The molecule has 1 saturated carbocycles. The van der Waals surface area contributed by atoms with Crippen LogP contribution in [0.1, 0.15) is 38.5 Å². The summed E-state index contributed by atoms with van der Waals surface area (Å²) >= 11 is 0. The lowest BCUT2D eigenvalue weighted by Gasteiger charge is -2.42. The minimum absolute atomic E-state index is 0.0363. The monoisotopic (exact) mass is 296 g/mol. The van der Waals surface area contributed by atoms with Gasteiger partial charge in [-0.15, -0.1) is 0 Å². The molecule has 0 spiro atoms. The van der Waals surface area contributed by atoms with E-state index >= 15 is 0 Å². The summed E-state index contributed by atoms with van der Waals surface area (Å²) in [4.78, 5) is 16.8. The normalized spacial score (nSPS) is 32.8. The fourth-order valence-corrected chi connectivity index (χ4v) is 3.70. The number of β-amino-alcohol motifs (C(OH)–C–C–N with tert-alkyl or cyclic N) is 1. The van der Waals surface area contributed by atoms with Crippen LogP contribution in [0.5, 0.6) is 0 Å². The number of nitrogens with zero attached hydrogens (tertiary/aromatic N) is 2. The topological polar surface area (TPSA) is 53.0 Å². The number of aliphatic hydroxyl groups is 1. The maximum atomic E-state index is 12.7. The zero-order valence-electron chi connectivity index (χ0n) is 12.9. The van der Waals surface area contributed by atoms with Gasteiger partial charge >= 0.3 is 0 Å². The molecule has 2 heterocycles. The van der Waals surface area contributed by atoms with Crippen LogP contribution in [-0.4, -0.2) is 72.4 Å². The second kappa shape index (κ2) is 6.63. The summed E-state index contributed by atoms with van der Waals surface area (Å²) in [5.74, 6) is 0.633. The molecule has 0 bridgehead atoms. The Kier molecular flexibility index (Phi) is 4.82. The van der Waals surface area contributed by atoms with E-state index in [4.69, 9.17) is 4.74 Å². The van der Waals surface area contributed by atoms with Gasteiger partial charge in [0.05, 0.1) is 6.61 Å². The predicted octanol–water partition coefficient (Wildman–Crippen LogP) is 0.862. The molecule has 3 aliphatic rings. The van der Waals surface area contributed by atoms with Crippen molar-refractivity contribution in [2.24, 2.45) is 5.92 Å². The van der Waals surface area contributed by atoms with E-state index in [9.17, 15) is 9.90 Å². The van der Waals surface area contributed by atoms with E-state index in [1.54, 1.807) is 0 Å². The van der Waals surface area contributed by atoms with Crippen LogP contribution in [0, 0.1) is 5.92 Å². The van der Waals surface area contributed by atoms with E-state index in [1.807, 2.05) is 4.90 Å². The van der Waals surface area contributed by atoms with E-state index in [0.717, 1.165) is 45.6 Å². The smallest absolute Gasteiger partial charge is 0.255 e. The fraction of sp³-hybridized carbons (Fsp3) is 0.938. The van der Waals surface area contributed by atoms with Gasteiger partial charge in [-0.2, -0.15) is 0 Å². The first kappa shape index (κ1) is 15.3. The summed E-state index contributed by atoms with van der Waals surface area (Å²) < 4.78 is 5.45. The Morgan fingerprint density at radius 3 is 2.76 bits per heavy atom. The standard InChI is InChI=1S/C16H28N2O3/c19-15-16(20,13-17-7-3-10-21-11-9-17)6-2-8-18(15)12-14-4-1-5-14/h14,20H,1-13H2. The molecule has 1 amide bonds. The first-order valence-electron chi connectivity index (χ1n) is 8.49. The van der Waals surface area contributed by atoms with E-state index in [-0.39, 0.29) is 5.91 Å². The summed E-state index contributed by atoms with van der Waals surface area (Å²) in [6.45, 7) is 5.37. The number of hydrogen-bond acceptors (Lipinski definition) is 4. The van der Waals surface area contributed by atoms with Gasteiger partial charge < -0.3 is 14.7 Å². The summed E-state index contributed by atoms with van der Waals surface area (Å²) in [7, 11) is 0. The van der Waals surface area contributed by atoms with Crippen molar-refractivity contribution in [2.75, 3.05) is 45.9 Å². The van der Waals surface area contributed by atoms with Crippen LogP contribution in [0.3, 0.4) is 0 Å². The number of amides is 1. The van der Waals surface area contributed by atoms with Crippen molar-refractivity contribution < 1.29 is 14.6 Å². The molecule has 0 radical (unpaired) electrons. The van der Waals surface area contributed by atoms with Crippen LogP contribution >= 0.6 is 0 Å². The molecule has 0 aromatic heterocycles. The average molecular weight is 296 g/mol. The van der Waals surface area contributed by atoms with E-state index < -0.39 is 5.60 Å². The van der Waals surface area contributed by atoms with Gasteiger partial charge in [0.1, 0.15) is 0 Å². The maximum absolute atomic E-state index is 12.7. The van der Waals surface area contributed by atoms with Gasteiger partial charge in [0.25, 0.3) is 5.91 Å². The molecule has 1 atom stereocenters. The number of likely N-dealkylation sites (tertiary alicyclic amines) is 1. The summed E-state index contributed by atoms with van der Waals surface area (Å²) in [5.41, 5.74) is -1.17. The second-order valence-corrected chi connectivity index (χ2v) is 6.93. The second-order valence-electron chi connectivity index (χ2n) is 6.93. The molecule has 3 rings (SSSR count). The van der Waals surface area contributed by atoms with Crippen LogP contribution in [0.25, 0.3) is 0 Å². The molecule has 1 N–H and O–H groups in total. The Morgan fingerprint density at radius 1 is 1.14 bits per heavy atom. The number of piperidine rings is 1. The van der Waals surface area contributed by atoms with Gasteiger partial charge in [-0.05, 0) is 38.0 Å². The van der Waals surface area contributed by atoms with Crippen molar-refractivity contribution in [3.63, 3.8) is 0 Å². The molecular weight excluding hydrogens is 268 g/mol. The SMILES string of the molecule is O=C1N(CC2CCC2)CCCC1(O)CN1CCCOCC1. The highest BCUT2D eigenvalue weighted by Gasteiger charge is 2.44. The maximum Gasteiger partial charge on any atom is 0.255 e. The van der Waals surface area contributed by atoms with Crippen molar-refractivity contribution in [3.05, 3.63) is 0 Å². The Balaban J connectivity index is 1.59. The highest BCUT2D eigenvalue weighted by Crippen LogP contribution is 2.30. The lowest BCUT2D eigenvalue weighted by Crippen LogP contribution is -2.59. The number of carbonyl (C=O) groups is 1. The van der Waals surface area contributed by atoms with Gasteiger partial charge in [-0.3, -0.25) is 9.69 Å². The van der Waals surface area contributed by atoms with Crippen LogP contribution < -0.4 is 0 Å². The lowest BCUT2D eigenvalue weighted by molar-refractivity contribution is -0.160. The highest BCUT2D eigenvalue weighted by molar-refractivity contribution is 5.86. The molecule has 0 aromatic carbocycles. The molecule has 2 aliphatic heterocycles. The predicted molar refractivity (Wildman–Crippen MR) is 80.0 cm³/mol. The highest BCUT2D eigenvalue weighted by atomic mass is 16.5. The molecule has 5 heteroatoms. The first-order chi connectivity index (χ1) is 10.2. The molecule has 1 unspecified atom stereocenters. The Bertz CT molecular complexity index is 365. The van der Waals surface area contributed by atoms with Crippen molar-refractivity contribution in [1.29, 1.82) is 0 Å². The molecule has 5 nitrogen and oxygen atoms in total. The zero-order chi connectivity index (χ0) is 14.7. The van der Waals surface area contributed by atoms with Crippen molar-refractivity contribution >= 4 is 5.91 Å².